The summed E-state index contributed by atoms with van der Waals surface area (Å²) < 4.78 is 59.4. The van der Waals surface area contributed by atoms with Gasteiger partial charge in [-0.05, 0) is 61.3 Å². The van der Waals surface area contributed by atoms with Crippen molar-refractivity contribution in [2.24, 2.45) is 5.92 Å². The van der Waals surface area contributed by atoms with Gasteiger partial charge in [-0.2, -0.15) is 13.2 Å². The number of halogens is 3. The van der Waals surface area contributed by atoms with Crippen LogP contribution in [0, 0.1) is 29.6 Å². The molecule has 0 aromatic heterocycles. The predicted molar refractivity (Wildman–Crippen MR) is 158 cm³/mol. The Bertz CT molecular complexity index is 1210. The minimum Gasteiger partial charge on any atom is -0.494 e. The quantitative estimate of drug-likeness (QED) is 0.135. The van der Waals surface area contributed by atoms with E-state index in [1.165, 1.54) is 49.9 Å². The van der Waals surface area contributed by atoms with Gasteiger partial charge in [0.25, 0.3) is 5.60 Å². The molecule has 0 N–H and O–H groups in total. The third-order valence-corrected chi connectivity index (χ3v) is 7.59. The number of hydrogen-bond acceptors (Lipinski definition) is 4. The fourth-order valence-corrected chi connectivity index (χ4v) is 5.18. The van der Waals surface area contributed by atoms with E-state index in [4.69, 9.17) is 14.2 Å². The molecule has 0 saturated heterocycles. The number of alkyl halides is 3. The molecule has 7 heteroatoms. The van der Waals surface area contributed by atoms with Gasteiger partial charge in [-0.25, -0.2) is 4.79 Å². The van der Waals surface area contributed by atoms with Crippen LogP contribution in [0.4, 0.5) is 13.2 Å². The van der Waals surface area contributed by atoms with E-state index in [9.17, 15) is 18.0 Å². The lowest BCUT2D eigenvalue weighted by atomic mass is 9.85. The Morgan fingerprint density at radius 3 is 2.21 bits per heavy atom. The number of carbonyl (C=O) groups excluding carboxylic acids is 1. The third kappa shape index (κ3) is 9.30. The van der Waals surface area contributed by atoms with Crippen molar-refractivity contribution in [3.05, 3.63) is 65.7 Å². The van der Waals surface area contributed by atoms with E-state index in [1.807, 2.05) is 24.3 Å². The van der Waals surface area contributed by atoms with Gasteiger partial charge in [-0.1, -0.05) is 94.5 Å². The van der Waals surface area contributed by atoms with Crippen LogP contribution < -0.4 is 4.74 Å². The van der Waals surface area contributed by atoms with Gasteiger partial charge in [0.05, 0.1) is 6.61 Å². The molecule has 1 fully saturated rings. The van der Waals surface area contributed by atoms with Crippen LogP contribution in [0.15, 0.2) is 54.6 Å². The predicted octanol–water partition coefficient (Wildman–Crippen LogP) is 8.38. The average Bonchev–Trinajstić information content (AvgIpc) is 3.00. The van der Waals surface area contributed by atoms with Crippen molar-refractivity contribution in [1.29, 1.82) is 0 Å². The van der Waals surface area contributed by atoms with E-state index in [0.29, 0.717) is 19.4 Å². The molecule has 4 nitrogen and oxygen atoms in total. The van der Waals surface area contributed by atoms with Gasteiger partial charge in [0, 0.05) is 24.2 Å². The molecule has 3 rings (SSSR count). The van der Waals surface area contributed by atoms with Gasteiger partial charge in [0.15, 0.2) is 6.10 Å². The first-order valence-corrected chi connectivity index (χ1v) is 14.9. The summed E-state index contributed by atoms with van der Waals surface area (Å²) in [5.74, 6) is 10.3. The standard InChI is InChI=1S/C35H41F3O4/c1-3-4-5-6-7-16-27-41-31-25-23-28(24-26-31)17-14-15-22-32(29-18-10-8-11-19-29)42-33(39)34(40-2,35(36,37)38)30-20-12-9-13-21-30/h9,12-13,20-21,23-26,29,32H,3-8,10-11,16,18-19,27H2,1-2H3/t32-,34-/m1/s1. The van der Waals surface area contributed by atoms with Crippen molar-refractivity contribution in [2.45, 2.75) is 95.4 Å². The normalized spacial score (nSPS) is 15.7. The number of methoxy groups -OCH3 is 1. The summed E-state index contributed by atoms with van der Waals surface area (Å²) in [6, 6.07) is 14.2. The second-order valence-corrected chi connectivity index (χ2v) is 10.6. The lowest BCUT2D eigenvalue weighted by Gasteiger charge is -2.34. The van der Waals surface area contributed by atoms with Gasteiger partial charge in [0.2, 0.25) is 0 Å². The van der Waals surface area contributed by atoms with E-state index >= 15 is 0 Å². The molecular formula is C35H41F3O4. The van der Waals surface area contributed by atoms with Gasteiger partial charge in [-0.3, -0.25) is 0 Å². The SMILES string of the molecule is CCCCCCCCOc1ccc(C#CC#C[C@@H](OC(=O)[C@](OC)(c2ccccc2)C(F)(F)F)C2CCCCC2)cc1. The topological polar surface area (TPSA) is 44.8 Å². The highest BCUT2D eigenvalue weighted by atomic mass is 19.4. The van der Waals surface area contributed by atoms with Gasteiger partial charge < -0.3 is 14.2 Å². The number of unbranched alkanes of at least 4 members (excludes halogenated alkanes) is 5. The zero-order valence-electron chi connectivity index (χ0n) is 24.6. The minimum absolute atomic E-state index is 0.182. The van der Waals surface area contributed by atoms with Crippen molar-refractivity contribution in [2.75, 3.05) is 13.7 Å². The summed E-state index contributed by atoms with van der Waals surface area (Å²) in [7, 11) is 0.861. The second kappa shape index (κ2) is 16.9. The lowest BCUT2D eigenvalue weighted by molar-refractivity contribution is -0.278. The number of rotatable bonds is 13. The van der Waals surface area contributed by atoms with E-state index < -0.39 is 23.9 Å². The molecule has 226 valence electrons. The van der Waals surface area contributed by atoms with Gasteiger partial charge in [0.1, 0.15) is 5.75 Å². The minimum atomic E-state index is -5.05. The Hall–Kier alpha value is -3.42. The molecular weight excluding hydrogens is 541 g/mol. The number of carbonyl (C=O) groups is 1. The summed E-state index contributed by atoms with van der Waals surface area (Å²) in [6.45, 7) is 2.88. The molecule has 2 aromatic carbocycles. The van der Waals surface area contributed by atoms with Crippen LogP contribution in [0.3, 0.4) is 0 Å². The smallest absolute Gasteiger partial charge is 0.432 e. The van der Waals surface area contributed by atoms with Gasteiger partial charge in [-0.15, -0.1) is 0 Å². The fourth-order valence-electron chi connectivity index (χ4n) is 5.18. The zero-order chi connectivity index (χ0) is 30.3. The molecule has 0 unspecified atom stereocenters. The summed E-state index contributed by atoms with van der Waals surface area (Å²) in [6.07, 6.45) is 5.34. The molecule has 42 heavy (non-hydrogen) atoms. The number of esters is 1. The zero-order valence-corrected chi connectivity index (χ0v) is 24.6. The maximum atomic E-state index is 14.4. The largest absolute Gasteiger partial charge is 0.494 e. The Labute approximate surface area is 248 Å². The summed E-state index contributed by atoms with van der Waals surface area (Å²) >= 11 is 0. The lowest BCUT2D eigenvalue weighted by Crippen LogP contribution is -2.53. The van der Waals surface area contributed by atoms with E-state index in [0.717, 1.165) is 50.5 Å². The molecule has 0 amide bonds. The van der Waals surface area contributed by atoms with Crippen LogP contribution in [-0.4, -0.2) is 32.0 Å². The van der Waals surface area contributed by atoms with Crippen molar-refractivity contribution >= 4 is 5.97 Å². The molecule has 0 aliphatic heterocycles. The van der Waals surface area contributed by atoms with Crippen LogP contribution in [0.1, 0.15) is 88.7 Å². The Kier molecular flexibility index (Phi) is 13.3. The highest BCUT2D eigenvalue weighted by Crippen LogP contribution is 2.43. The highest BCUT2D eigenvalue weighted by molar-refractivity contribution is 5.83. The van der Waals surface area contributed by atoms with Crippen LogP contribution in [0.25, 0.3) is 0 Å². The molecule has 1 saturated carbocycles. The van der Waals surface area contributed by atoms with Crippen molar-refractivity contribution in [3.63, 3.8) is 0 Å². The Morgan fingerprint density at radius 2 is 1.57 bits per heavy atom. The third-order valence-electron chi connectivity index (χ3n) is 7.59. The number of ether oxygens (including phenoxy) is 3. The average molecular weight is 583 g/mol. The molecule has 1 aliphatic carbocycles. The van der Waals surface area contributed by atoms with Crippen molar-refractivity contribution in [1.82, 2.24) is 0 Å². The molecule has 0 spiro atoms. The molecule has 0 bridgehead atoms. The van der Waals surface area contributed by atoms with Gasteiger partial charge >= 0.3 is 12.1 Å². The van der Waals surface area contributed by atoms with Crippen molar-refractivity contribution < 1.29 is 32.2 Å². The summed E-state index contributed by atoms with van der Waals surface area (Å²) in [5, 5.41) is 0. The first kappa shape index (κ1) is 33.1. The first-order valence-electron chi connectivity index (χ1n) is 14.9. The Morgan fingerprint density at radius 1 is 0.905 bits per heavy atom. The van der Waals surface area contributed by atoms with Crippen LogP contribution >= 0.6 is 0 Å². The number of hydrogen-bond donors (Lipinski definition) is 0. The fraction of sp³-hybridized carbons (Fsp3) is 0.514. The monoisotopic (exact) mass is 582 g/mol. The maximum Gasteiger partial charge on any atom is 0.432 e. The number of benzene rings is 2. The van der Waals surface area contributed by atoms with E-state index in [-0.39, 0.29) is 11.5 Å². The van der Waals surface area contributed by atoms with Crippen LogP contribution in [0.5, 0.6) is 5.75 Å². The molecule has 1 aliphatic rings. The molecule has 2 atom stereocenters. The van der Waals surface area contributed by atoms with Crippen LogP contribution in [-0.2, 0) is 19.9 Å². The van der Waals surface area contributed by atoms with E-state index in [1.54, 1.807) is 6.07 Å². The second-order valence-electron chi connectivity index (χ2n) is 10.6. The summed E-state index contributed by atoms with van der Waals surface area (Å²) in [4.78, 5) is 13.3. The van der Waals surface area contributed by atoms with Crippen LogP contribution in [0.2, 0.25) is 0 Å². The maximum absolute atomic E-state index is 14.4. The Balaban J connectivity index is 1.69. The molecule has 2 aromatic rings. The highest BCUT2D eigenvalue weighted by Gasteiger charge is 2.64. The summed E-state index contributed by atoms with van der Waals surface area (Å²) in [5.41, 5.74) is -2.88. The van der Waals surface area contributed by atoms with E-state index in [2.05, 4.69) is 30.6 Å². The molecule has 0 radical (unpaired) electrons. The first-order chi connectivity index (χ1) is 20.3. The van der Waals surface area contributed by atoms with Crippen molar-refractivity contribution in [3.8, 4) is 29.4 Å². The molecule has 0 heterocycles.